The van der Waals surface area contributed by atoms with Crippen LogP contribution in [0, 0.1) is 0 Å². The zero-order valence-corrected chi connectivity index (χ0v) is 8.36. The smallest absolute Gasteiger partial charge is 0.314 e. The lowest BCUT2D eigenvalue weighted by atomic mass is 10.4. The zero-order chi connectivity index (χ0) is 9.52. The van der Waals surface area contributed by atoms with E-state index in [1.54, 1.807) is 17.5 Å². The molecule has 1 aromatic heterocycles. The minimum Gasteiger partial charge on any atom is -0.338 e. The molecule has 1 rings (SSSR count). The maximum Gasteiger partial charge on any atom is 0.314 e. The second-order valence-electron chi connectivity index (χ2n) is 2.46. The Balaban J connectivity index is 2.11. The Morgan fingerprint density at radius 1 is 1.62 bits per heavy atom. The van der Waals surface area contributed by atoms with Crippen molar-refractivity contribution in [2.24, 2.45) is 0 Å². The third kappa shape index (κ3) is 3.89. The third-order valence-electron chi connectivity index (χ3n) is 1.45. The molecule has 0 saturated carbocycles. The van der Waals surface area contributed by atoms with E-state index in [1.807, 2.05) is 12.3 Å². The fourth-order valence-corrected chi connectivity index (χ4v) is 1.50. The molecule has 5 heteroatoms. The molecule has 0 atom stereocenters. The van der Waals surface area contributed by atoms with Crippen LogP contribution in [-0.2, 0) is 6.42 Å². The summed E-state index contributed by atoms with van der Waals surface area (Å²) in [5.74, 6) is 0. The highest BCUT2D eigenvalue weighted by Crippen LogP contribution is 2.03. The van der Waals surface area contributed by atoms with E-state index in [9.17, 15) is 4.79 Å². The monoisotopic (exact) mass is 199 g/mol. The van der Waals surface area contributed by atoms with Crippen LogP contribution in [-0.4, -0.2) is 24.1 Å². The summed E-state index contributed by atoms with van der Waals surface area (Å²) in [6.45, 7) is 3.18. The van der Waals surface area contributed by atoms with Crippen molar-refractivity contribution >= 4 is 17.4 Å². The van der Waals surface area contributed by atoms with Crippen LogP contribution in [0.15, 0.2) is 11.6 Å². The van der Waals surface area contributed by atoms with Crippen LogP contribution in [0.5, 0.6) is 0 Å². The average molecular weight is 199 g/mol. The molecule has 0 aliphatic rings. The van der Waals surface area contributed by atoms with E-state index in [2.05, 4.69) is 15.6 Å². The number of thiazole rings is 1. The predicted octanol–water partition coefficient (Wildman–Crippen LogP) is 1.00. The van der Waals surface area contributed by atoms with E-state index >= 15 is 0 Å². The maximum absolute atomic E-state index is 10.9. The zero-order valence-electron chi connectivity index (χ0n) is 7.54. The van der Waals surface area contributed by atoms with Gasteiger partial charge in [-0.05, 0) is 6.92 Å². The summed E-state index contributed by atoms with van der Waals surface area (Å²) >= 11 is 1.61. The van der Waals surface area contributed by atoms with Gasteiger partial charge in [0.1, 0.15) is 0 Å². The molecule has 1 aromatic rings. The van der Waals surface area contributed by atoms with Gasteiger partial charge in [0.2, 0.25) is 0 Å². The molecule has 13 heavy (non-hydrogen) atoms. The normalized spacial score (nSPS) is 9.62. The second kappa shape index (κ2) is 5.53. The van der Waals surface area contributed by atoms with Gasteiger partial charge in [-0.25, -0.2) is 9.78 Å². The number of nitrogens with zero attached hydrogens (tertiary/aromatic N) is 1. The summed E-state index contributed by atoms with van der Waals surface area (Å²) in [5.41, 5.74) is 0. The van der Waals surface area contributed by atoms with E-state index in [-0.39, 0.29) is 6.03 Å². The van der Waals surface area contributed by atoms with Crippen LogP contribution in [0.3, 0.4) is 0 Å². The average Bonchev–Trinajstić information content (AvgIpc) is 2.57. The van der Waals surface area contributed by atoms with Crippen molar-refractivity contribution in [1.29, 1.82) is 0 Å². The second-order valence-corrected chi connectivity index (χ2v) is 3.44. The molecule has 72 valence electrons. The number of aromatic nitrogens is 1. The summed E-state index contributed by atoms with van der Waals surface area (Å²) < 4.78 is 0. The Bertz CT molecular complexity index is 248. The highest BCUT2D eigenvalue weighted by molar-refractivity contribution is 7.09. The first kappa shape index (κ1) is 9.98. The van der Waals surface area contributed by atoms with Gasteiger partial charge in [0.25, 0.3) is 0 Å². The number of carbonyl (C=O) groups excluding carboxylic acids is 1. The summed E-state index contributed by atoms with van der Waals surface area (Å²) in [5, 5.41) is 8.38. The van der Waals surface area contributed by atoms with Crippen LogP contribution in [0.25, 0.3) is 0 Å². The van der Waals surface area contributed by atoms with Crippen molar-refractivity contribution in [2.75, 3.05) is 13.1 Å². The van der Waals surface area contributed by atoms with Crippen molar-refractivity contribution in [3.63, 3.8) is 0 Å². The predicted molar refractivity (Wildman–Crippen MR) is 52.9 cm³/mol. The van der Waals surface area contributed by atoms with Gasteiger partial charge in [-0.3, -0.25) is 0 Å². The Kier molecular flexibility index (Phi) is 4.25. The molecule has 0 unspecified atom stereocenters. The van der Waals surface area contributed by atoms with Gasteiger partial charge < -0.3 is 10.6 Å². The minimum atomic E-state index is -0.112. The molecule has 0 bridgehead atoms. The van der Waals surface area contributed by atoms with Gasteiger partial charge in [-0.2, -0.15) is 0 Å². The number of urea groups is 1. The Labute approximate surface area is 81.4 Å². The summed E-state index contributed by atoms with van der Waals surface area (Å²) in [4.78, 5) is 15.0. The van der Waals surface area contributed by atoms with E-state index in [4.69, 9.17) is 0 Å². The van der Waals surface area contributed by atoms with Gasteiger partial charge >= 0.3 is 6.03 Å². The molecule has 1 heterocycles. The summed E-state index contributed by atoms with van der Waals surface area (Å²) in [6.07, 6.45) is 2.57. The molecular weight excluding hydrogens is 186 g/mol. The topological polar surface area (TPSA) is 54.0 Å². The fraction of sp³-hybridized carbons (Fsp3) is 0.500. The van der Waals surface area contributed by atoms with Crippen molar-refractivity contribution < 1.29 is 4.79 Å². The highest BCUT2D eigenvalue weighted by atomic mass is 32.1. The van der Waals surface area contributed by atoms with Crippen LogP contribution in [0.1, 0.15) is 11.9 Å². The van der Waals surface area contributed by atoms with Gasteiger partial charge in [0.15, 0.2) is 0 Å². The lowest BCUT2D eigenvalue weighted by Crippen LogP contribution is -2.36. The van der Waals surface area contributed by atoms with Gasteiger partial charge in [0.05, 0.1) is 5.01 Å². The first-order valence-electron chi connectivity index (χ1n) is 4.23. The third-order valence-corrected chi connectivity index (χ3v) is 2.28. The quantitative estimate of drug-likeness (QED) is 0.760. The van der Waals surface area contributed by atoms with Crippen LogP contribution in [0.2, 0.25) is 0 Å². The highest BCUT2D eigenvalue weighted by Gasteiger charge is 1.98. The molecular formula is C8H13N3OS. The maximum atomic E-state index is 10.9. The molecule has 0 spiro atoms. The SMILES string of the molecule is CCNC(=O)NCCc1nccs1. The molecule has 2 N–H and O–H groups in total. The summed E-state index contributed by atoms with van der Waals surface area (Å²) in [7, 11) is 0. The first-order chi connectivity index (χ1) is 6.33. The number of hydrogen-bond acceptors (Lipinski definition) is 3. The number of nitrogens with one attached hydrogen (secondary N) is 2. The lowest BCUT2D eigenvalue weighted by Gasteiger charge is -2.03. The Morgan fingerprint density at radius 3 is 3.08 bits per heavy atom. The Hall–Kier alpha value is -1.10. The minimum absolute atomic E-state index is 0.112. The number of amides is 2. The van der Waals surface area contributed by atoms with Crippen molar-refractivity contribution in [2.45, 2.75) is 13.3 Å². The fourth-order valence-electron chi connectivity index (χ4n) is 0.882. The molecule has 0 radical (unpaired) electrons. The van der Waals surface area contributed by atoms with Gasteiger partial charge in [-0.15, -0.1) is 11.3 Å². The number of carbonyl (C=O) groups is 1. The molecule has 0 aromatic carbocycles. The molecule has 4 nitrogen and oxygen atoms in total. The number of hydrogen-bond donors (Lipinski definition) is 2. The van der Waals surface area contributed by atoms with Crippen LogP contribution < -0.4 is 10.6 Å². The molecule has 0 fully saturated rings. The number of rotatable bonds is 4. The van der Waals surface area contributed by atoms with Crippen molar-refractivity contribution in [1.82, 2.24) is 15.6 Å². The summed E-state index contributed by atoms with van der Waals surface area (Å²) in [6, 6.07) is -0.112. The van der Waals surface area contributed by atoms with Crippen molar-refractivity contribution in [3.05, 3.63) is 16.6 Å². The molecule has 0 aliphatic carbocycles. The van der Waals surface area contributed by atoms with Gasteiger partial charge in [-0.1, -0.05) is 0 Å². The van der Waals surface area contributed by atoms with E-state index in [1.165, 1.54) is 0 Å². The van der Waals surface area contributed by atoms with Crippen LogP contribution in [0.4, 0.5) is 4.79 Å². The van der Waals surface area contributed by atoms with E-state index in [0.717, 1.165) is 11.4 Å². The first-order valence-corrected chi connectivity index (χ1v) is 5.11. The van der Waals surface area contributed by atoms with Gasteiger partial charge in [0, 0.05) is 31.1 Å². The molecule has 0 saturated heterocycles. The lowest BCUT2D eigenvalue weighted by molar-refractivity contribution is 0.241. The largest absolute Gasteiger partial charge is 0.338 e. The molecule has 0 aliphatic heterocycles. The molecule has 2 amide bonds. The van der Waals surface area contributed by atoms with E-state index in [0.29, 0.717) is 13.1 Å². The standard InChI is InChI=1S/C8H13N3OS/c1-2-9-8(12)11-4-3-7-10-5-6-13-7/h5-6H,2-4H2,1H3,(H2,9,11,12). The van der Waals surface area contributed by atoms with Crippen molar-refractivity contribution in [3.8, 4) is 0 Å². The van der Waals surface area contributed by atoms with E-state index < -0.39 is 0 Å². The Morgan fingerprint density at radius 2 is 2.46 bits per heavy atom. The van der Waals surface area contributed by atoms with Crippen LogP contribution >= 0.6 is 11.3 Å².